The number of thioether (sulfide) groups is 1. The van der Waals surface area contributed by atoms with E-state index in [0.29, 0.717) is 27.2 Å². The van der Waals surface area contributed by atoms with Gasteiger partial charge in [0.15, 0.2) is 16.1 Å². The van der Waals surface area contributed by atoms with Gasteiger partial charge in [0.2, 0.25) is 17.3 Å². The molecule has 0 bridgehead atoms. The molecular formula is C18H16Br2N4O2S. The monoisotopic (exact) mass is 510 g/mol. The number of furan rings is 1. The van der Waals surface area contributed by atoms with Crippen molar-refractivity contribution in [1.29, 1.82) is 0 Å². The molecule has 3 aromatic rings. The van der Waals surface area contributed by atoms with Crippen LogP contribution in [-0.2, 0) is 0 Å². The minimum atomic E-state index is -0.541. The molecule has 1 aromatic carbocycles. The van der Waals surface area contributed by atoms with Gasteiger partial charge >= 0.3 is 0 Å². The smallest absolute Gasteiger partial charge is 0.247 e. The van der Waals surface area contributed by atoms with Crippen LogP contribution in [0, 0.1) is 0 Å². The molecule has 0 amide bonds. The first-order chi connectivity index (χ1) is 13.2. The first-order valence-corrected chi connectivity index (χ1v) is 11.1. The van der Waals surface area contributed by atoms with Crippen LogP contribution in [0.1, 0.15) is 31.8 Å². The fourth-order valence-corrected chi connectivity index (χ4v) is 4.11. The molecule has 2 aromatic heterocycles. The van der Waals surface area contributed by atoms with Gasteiger partial charge in [-0.25, -0.2) is 0 Å². The van der Waals surface area contributed by atoms with Gasteiger partial charge in [-0.3, -0.25) is 0 Å². The van der Waals surface area contributed by atoms with E-state index >= 15 is 0 Å². The van der Waals surface area contributed by atoms with E-state index in [-0.39, 0.29) is 0 Å². The topological polar surface area (TPSA) is 73.1 Å². The maximum Gasteiger partial charge on any atom is 0.247 e. The Labute approximate surface area is 177 Å². The van der Waals surface area contributed by atoms with E-state index in [1.54, 1.807) is 11.8 Å². The van der Waals surface area contributed by atoms with Gasteiger partial charge in [-0.2, -0.15) is 4.98 Å². The van der Waals surface area contributed by atoms with Crippen molar-refractivity contribution in [3.05, 3.63) is 45.2 Å². The molecule has 0 fully saturated rings. The highest BCUT2D eigenvalue weighted by Gasteiger charge is 2.28. The number of nitrogens with one attached hydrogen (secondary N) is 1. The van der Waals surface area contributed by atoms with E-state index < -0.39 is 6.23 Å². The van der Waals surface area contributed by atoms with Gasteiger partial charge in [0.05, 0.1) is 4.47 Å². The fraction of sp³-hybridized carbons (Fsp3) is 0.278. The van der Waals surface area contributed by atoms with Gasteiger partial charge in [0, 0.05) is 23.1 Å². The number of aromatic nitrogens is 3. The summed E-state index contributed by atoms with van der Waals surface area (Å²) in [7, 11) is 0. The Hall–Kier alpha value is -1.58. The number of nitrogens with zero attached hydrogens (tertiary/aromatic N) is 3. The molecule has 0 aliphatic carbocycles. The minimum absolute atomic E-state index is 0.440. The Kier molecular flexibility index (Phi) is 5.70. The number of para-hydroxylation sites is 1. The second-order valence-electron chi connectivity index (χ2n) is 5.91. The van der Waals surface area contributed by atoms with Crippen LogP contribution in [-0.4, -0.2) is 20.9 Å². The van der Waals surface area contributed by atoms with Crippen LogP contribution in [0.2, 0.25) is 0 Å². The van der Waals surface area contributed by atoms with Gasteiger partial charge < -0.3 is 14.5 Å². The Morgan fingerprint density at radius 3 is 2.85 bits per heavy atom. The molecule has 1 aliphatic rings. The molecule has 0 radical (unpaired) electrons. The van der Waals surface area contributed by atoms with Crippen molar-refractivity contribution in [3.8, 4) is 17.1 Å². The van der Waals surface area contributed by atoms with E-state index in [0.717, 1.165) is 34.3 Å². The second kappa shape index (κ2) is 8.20. The maximum absolute atomic E-state index is 6.17. The largest absolute Gasteiger partial charge is 0.447 e. The number of benzene rings is 1. The van der Waals surface area contributed by atoms with Gasteiger partial charge in [0.1, 0.15) is 0 Å². The first kappa shape index (κ1) is 18.8. The van der Waals surface area contributed by atoms with Gasteiger partial charge in [-0.15, -0.1) is 10.2 Å². The quantitative estimate of drug-likeness (QED) is 0.330. The fourth-order valence-electron chi connectivity index (χ4n) is 2.64. The third-order valence-electron chi connectivity index (χ3n) is 3.99. The number of halogens is 2. The number of fused-ring (bicyclic) bond motifs is 3. The van der Waals surface area contributed by atoms with Crippen LogP contribution in [0.25, 0.3) is 11.3 Å². The lowest BCUT2D eigenvalue weighted by atomic mass is 10.1. The zero-order valence-corrected chi connectivity index (χ0v) is 18.4. The standard InChI is InChI=1S/C18H16Br2N4O2S/c1-2-3-8-27-18-22-17-14(23-24-18)10-6-4-5-7-12(10)21-16(26-17)13-9-11(19)15(20)25-13/h4-7,9,16,21H,2-3,8H2,1H3. The molecule has 4 rings (SSSR count). The normalized spacial score (nSPS) is 15.3. The summed E-state index contributed by atoms with van der Waals surface area (Å²) in [5.41, 5.74) is 2.39. The SMILES string of the molecule is CCCCSc1nnc2c(n1)OC(c1cc(Br)c(Br)o1)Nc1ccccc1-2. The van der Waals surface area contributed by atoms with Crippen molar-refractivity contribution < 1.29 is 9.15 Å². The lowest BCUT2D eigenvalue weighted by Crippen LogP contribution is -2.16. The van der Waals surface area contributed by atoms with Gasteiger partial charge in [-0.05, 0) is 44.3 Å². The van der Waals surface area contributed by atoms with Crippen molar-refractivity contribution in [2.45, 2.75) is 31.1 Å². The third-order valence-corrected chi connectivity index (χ3v) is 6.62. The van der Waals surface area contributed by atoms with Crippen molar-refractivity contribution >= 4 is 49.3 Å². The van der Waals surface area contributed by atoms with E-state index in [1.165, 1.54) is 0 Å². The Morgan fingerprint density at radius 1 is 1.22 bits per heavy atom. The molecular weight excluding hydrogens is 496 g/mol. The van der Waals surface area contributed by atoms with Crippen LogP contribution < -0.4 is 10.1 Å². The molecule has 0 spiro atoms. The average molecular weight is 512 g/mol. The number of anilines is 1. The summed E-state index contributed by atoms with van der Waals surface area (Å²) < 4.78 is 13.4. The van der Waals surface area contributed by atoms with Crippen LogP contribution in [0.3, 0.4) is 0 Å². The summed E-state index contributed by atoms with van der Waals surface area (Å²) in [6.45, 7) is 2.16. The summed E-state index contributed by atoms with van der Waals surface area (Å²) in [6.07, 6.45) is 1.69. The summed E-state index contributed by atoms with van der Waals surface area (Å²) in [6, 6.07) is 9.72. The Bertz CT molecular complexity index is 947. The summed E-state index contributed by atoms with van der Waals surface area (Å²) >= 11 is 8.41. The molecule has 9 heteroatoms. The molecule has 1 atom stereocenters. The van der Waals surface area contributed by atoms with Gasteiger partial charge in [0.25, 0.3) is 0 Å². The highest BCUT2D eigenvalue weighted by Crippen LogP contribution is 2.41. The zero-order chi connectivity index (χ0) is 18.8. The molecule has 1 unspecified atom stereocenters. The first-order valence-electron chi connectivity index (χ1n) is 8.50. The molecule has 6 nitrogen and oxygen atoms in total. The zero-order valence-electron chi connectivity index (χ0n) is 14.4. The summed E-state index contributed by atoms with van der Waals surface area (Å²) in [5, 5.41) is 12.7. The summed E-state index contributed by atoms with van der Waals surface area (Å²) in [5.74, 6) is 2.01. The van der Waals surface area contributed by atoms with Crippen LogP contribution in [0.5, 0.6) is 5.88 Å². The van der Waals surface area contributed by atoms with E-state index in [9.17, 15) is 0 Å². The summed E-state index contributed by atoms with van der Waals surface area (Å²) in [4.78, 5) is 4.61. The molecule has 140 valence electrons. The number of ether oxygens (including phenoxy) is 1. The van der Waals surface area contributed by atoms with Crippen molar-refractivity contribution in [2.24, 2.45) is 0 Å². The van der Waals surface area contributed by atoms with Crippen molar-refractivity contribution in [3.63, 3.8) is 0 Å². The molecule has 1 aliphatic heterocycles. The Balaban J connectivity index is 1.74. The molecule has 1 N–H and O–H groups in total. The number of rotatable bonds is 5. The number of unbranched alkanes of at least 4 members (excludes halogenated alkanes) is 1. The predicted octanol–water partition coefficient (Wildman–Crippen LogP) is 6.05. The Morgan fingerprint density at radius 2 is 2.07 bits per heavy atom. The average Bonchev–Trinajstić information content (AvgIpc) is 2.92. The van der Waals surface area contributed by atoms with Crippen molar-refractivity contribution in [2.75, 3.05) is 11.1 Å². The highest BCUT2D eigenvalue weighted by atomic mass is 79.9. The van der Waals surface area contributed by atoms with Gasteiger partial charge in [-0.1, -0.05) is 43.3 Å². The molecule has 27 heavy (non-hydrogen) atoms. The third kappa shape index (κ3) is 4.00. The molecule has 3 heterocycles. The highest BCUT2D eigenvalue weighted by molar-refractivity contribution is 9.13. The maximum atomic E-state index is 6.17. The second-order valence-corrected chi connectivity index (χ2v) is 8.55. The van der Waals surface area contributed by atoms with E-state index in [4.69, 9.17) is 9.15 Å². The number of hydrogen-bond donors (Lipinski definition) is 1. The number of hydrogen-bond acceptors (Lipinski definition) is 7. The van der Waals surface area contributed by atoms with Crippen LogP contribution >= 0.6 is 43.6 Å². The van der Waals surface area contributed by atoms with E-state index in [2.05, 4.69) is 59.3 Å². The lowest BCUT2D eigenvalue weighted by molar-refractivity contribution is 0.194. The van der Waals surface area contributed by atoms with E-state index in [1.807, 2.05) is 30.3 Å². The van der Waals surface area contributed by atoms with Crippen molar-refractivity contribution in [1.82, 2.24) is 15.2 Å². The van der Waals surface area contributed by atoms with Crippen LogP contribution in [0.4, 0.5) is 5.69 Å². The molecule has 0 saturated heterocycles. The van der Waals surface area contributed by atoms with Crippen LogP contribution in [0.15, 0.2) is 49.0 Å². The molecule has 0 saturated carbocycles. The predicted molar refractivity (Wildman–Crippen MR) is 112 cm³/mol. The minimum Gasteiger partial charge on any atom is -0.447 e. The lowest BCUT2D eigenvalue weighted by Gasteiger charge is -2.16.